The molecule has 1 fully saturated rings. The van der Waals surface area contributed by atoms with Crippen LogP contribution in [0.3, 0.4) is 0 Å². The number of pyridine rings is 1. The molecule has 8 nitrogen and oxygen atoms in total. The summed E-state index contributed by atoms with van der Waals surface area (Å²) in [6.45, 7) is 3.74. The molecule has 2 aromatic carbocycles. The number of hydrogen-bond acceptors (Lipinski definition) is 5. The first-order chi connectivity index (χ1) is 19.9. The summed E-state index contributed by atoms with van der Waals surface area (Å²) in [5.41, 5.74) is 9.76. The van der Waals surface area contributed by atoms with Crippen molar-refractivity contribution < 1.29 is 4.79 Å². The van der Waals surface area contributed by atoms with Crippen LogP contribution in [0.25, 0.3) is 28.2 Å². The van der Waals surface area contributed by atoms with Crippen molar-refractivity contribution in [3.05, 3.63) is 106 Å². The van der Waals surface area contributed by atoms with Crippen molar-refractivity contribution in [1.82, 2.24) is 24.5 Å². The Bertz CT molecular complexity index is 1830. The van der Waals surface area contributed by atoms with E-state index in [4.69, 9.17) is 5.73 Å². The van der Waals surface area contributed by atoms with Crippen molar-refractivity contribution in [2.24, 2.45) is 5.92 Å². The summed E-state index contributed by atoms with van der Waals surface area (Å²) in [5.74, 6) is 0.250. The fourth-order valence-electron chi connectivity index (χ4n) is 5.91. The Morgan fingerprint density at radius 1 is 1.07 bits per heavy atom. The molecule has 1 atom stereocenters. The number of para-hydroxylation sites is 1. The predicted molar refractivity (Wildman–Crippen MR) is 163 cm³/mol. The molecule has 208 valence electrons. The Morgan fingerprint density at radius 2 is 1.85 bits per heavy atom. The number of nitrogens with two attached hydrogens (primary N) is 1. The molecule has 0 aliphatic heterocycles. The lowest BCUT2D eigenvalue weighted by molar-refractivity contribution is 0.0941. The van der Waals surface area contributed by atoms with E-state index in [1.54, 1.807) is 21.3 Å². The van der Waals surface area contributed by atoms with E-state index >= 15 is 0 Å². The molecule has 1 aliphatic rings. The molecule has 0 bridgehead atoms. The molecule has 1 amide bonds. The number of nitrogen functional groups attached to an aromatic ring is 1. The van der Waals surface area contributed by atoms with Crippen LogP contribution in [0, 0.1) is 12.8 Å². The summed E-state index contributed by atoms with van der Waals surface area (Å²) < 4.78 is 3.26. The molecule has 6 rings (SSSR count). The zero-order valence-corrected chi connectivity index (χ0v) is 23.4. The molecule has 3 heterocycles. The smallest absolute Gasteiger partial charge is 0.263 e. The van der Waals surface area contributed by atoms with Crippen LogP contribution in [-0.4, -0.2) is 25.1 Å². The van der Waals surface area contributed by atoms with Crippen LogP contribution in [0.2, 0.25) is 0 Å². The van der Waals surface area contributed by atoms with Crippen LogP contribution in [0.4, 0.5) is 5.82 Å². The zero-order valence-electron chi connectivity index (χ0n) is 23.4. The number of amides is 1. The van der Waals surface area contributed by atoms with E-state index < -0.39 is 11.9 Å². The number of aryl methyl sites for hydroxylation is 1. The minimum Gasteiger partial charge on any atom is -0.381 e. The summed E-state index contributed by atoms with van der Waals surface area (Å²) in [6.07, 6.45) is 12.2. The van der Waals surface area contributed by atoms with Gasteiger partial charge in [-0.25, -0.2) is 9.50 Å². The highest BCUT2D eigenvalue weighted by molar-refractivity contribution is 6.04. The number of nitrogens with zero attached hydrogens (tertiary/aromatic N) is 4. The van der Waals surface area contributed by atoms with Gasteiger partial charge in [-0.1, -0.05) is 67.8 Å². The van der Waals surface area contributed by atoms with Gasteiger partial charge in [0.2, 0.25) is 0 Å². The highest BCUT2D eigenvalue weighted by atomic mass is 16.2. The first-order valence-corrected chi connectivity index (χ1v) is 14.3. The average Bonchev–Trinajstić information content (AvgIpc) is 3.34. The molecule has 1 aliphatic carbocycles. The largest absolute Gasteiger partial charge is 0.381 e. The maximum Gasteiger partial charge on any atom is 0.263 e. The van der Waals surface area contributed by atoms with Crippen molar-refractivity contribution in [2.45, 2.75) is 52.0 Å². The van der Waals surface area contributed by atoms with Crippen LogP contribution < -0.4 is 16.6 Å². The molecular weight excluding hydrogens is 512 g/mol. The molecule has 0 spiro atoms. The van der Waals surface area contributed by atoms with Gasteiger partial charge >= 0.3 is 0 Å². The standard InChI is InChI=1S/C33H34N6O2/c1-21-18-19-35-31-29(30(34)37-39(21)31)32(40)36-22(2)27-20-25-13-9-12-24(17-16-23-10-5-3-6-11-23)28(25)33(41)38(27)26-14-7-4-8-15-26/h4,7-9,12-20,22-23H,3,5-6,10-11H2,1-2H3,(H2,34,37)(H,36,40). The summed E-state index contributed by atoms with van der Waals surface area (Å²) in [4.78, 5) is 32.2. The number of allylic oxidation sites excluding steroid dienone is 1. The lowest BCUT2D eigenvalue weighted by Gasteiger charge is -2.21. The molecule has 1 unspecified atom stereocenters. The molecule has 0 radical (unpaired) electrons. The third-order valence-corrected chi connectivity index (χ3v) is 8.07. The lowest BCUT2D eigenvalue weighted by atomic mass is 9.88. The van der Waals surface area contributed by atoms with Gasteiger partial charge in [0, 0.05) is 23.3 Å². The molecule has 1 saturated carbocycles. The highest BCUT2D eigenvalue weighted by Crippen LogP contribution is 2.28. The number of carbonyl (C=O) groups is 1. The van der Waals surface area contributed by atoms with Gasteiger partial charge < -0.3 is 11.1 Å². The summed E-state index contributed by atoms with van der Waals surface area (Å²) in [5, 5.41) is 8.85. The van der Waals surface area contributed by atoms with Gasteiger partial charge in [0.1, 0.15) is 5.56 Å². The van der Waals surface area contributed by atoms with Crippen molar-refractivity contribution in [2.75, 3.05) is 5.73 Å². The summed E-state index contributed by atoms with van der Waals surface area (Å²) in [7, 11) is 0. The number of fused-ring (bicyclic) bond motifs is 2. The Labute approximate surface area is 238 Å². The predicted octanol–water partition coefficient (Wildman–Crippen LogP) is 6.01. The molecule has 3 aromatic heterocycles. The van der Waals surface area contributed by atoms with E-state index in [0.29, 0.717) is 22.6 Å². The summed E-state index contributed by atoms with van der Waals surface area (Å²) in [6, 6.07) is 18.7. The Balaban J connectivity index is 1.43. The molecule has 41 heavy (non-hydrogen) atoms. The highest BCUT2D eigenvalue weighted by Gasteiger charge is 2.24. The van der Waals surface area contributed by atoms with E-state index in [2.05, 4.69) is 27.6 Å². The molecule has 5 aromatic rings. The van der Waals surface area contributed by atoms with Gasteiger partial charge in [-0.2, -0.15) is 0 Å². The first-order valence-electron chi connectivity index (χ1n) is 14.3. The van der Waals surface area contributed by atoms with Gasteiger partial charge in [0.25, 0.3) is 11.5 Å². The Kier molecular flexibility index (Phi) is 7.14. The minimum absolute atomic E-state index is 0.102. The van der Waals surface area contributed by atoms with Crippen molar-refractivity contribution in [3.8, 4) is 5.69 Å². The van der Waals surface area contributed by atoms with Gasteiger partial charge in [-0.3, -0.25) is 14.2 Å². The molecule has 3 N–H and O–H groups in total. The normalized spacial score (nSPS) is 15.1. The second-order valence-corrected chi connectivity index (χ2v) is 10.9. The van der Waals surface area contributed by atoms with E-state index in [1.165, 1.54) is 32.1 Å². The summed E-state index contributed by atoms with van der Waals surface area (Å²) >= 11 is 0. The number of rotatable bonds is 6. The molecule has 8 heteroatoms. The van der Waals surface area contributed by atoms with Crippen molar-refractivity contribution in [1.29, 1.82) is 0 Å². The van der Waals surface area contributed by atoms with E-state index in [-0.39, 0.29) is 16.9 Å². The SMILES string of the molecule is Cc1ccnc2c(C(=O)NC(C)c3cc4cccc(C=CC5CCCCC5)c4c(=O)n3-c3ccccc3)c(N)nn12. The number of nitrogens with one attached hydrogen (secondary N) is 1. The first kappa shape index (κ1) is 26.5. The Morgan fingerprint density at radius 3 is 2.63 bits per heavy atom. The van der Waals surface area contributed by atoms with Crippen LogP contribution in [0.1, 0.15) is 72.4 Å². The monoisotopic (exact) mass is 546 g/mol. The van der Waals surface area contributed by atoms with Gasteiger partial charge in [-0.15, -0.1) is 5.10 Å². The minimum atomic E-state index is -0.527. The van der Waals surface area contributed by atoms with E-state index in [0.717, 1.165) is 22.3 Å². The third-order valence-electron chi connectivity index (χ3n) is 8.07. The van der Waals surface area contributed by atoms with E-state index in [9.17, 15) is 9.59 Å². The number of aromatic nitrogens is 4. The Hall–Kier alpha value is -4.72. The quantitative estimate of drug-likeness (QED) is 0.271. The lowest BCUT2D eigenvalue weighted by Crippen LogP contribution is -2.32. The topological polar surface area (TPSA) is 107 Å². The number of hydrogen-bond donors (Lipinski definition) is 2. The van der Waals surface area contributed by atoms with Crippen LogP contribution >= 0.6 is 0 Å². The van der Waals surface area contributed by atoms with Gasteiger partial charge in [-0.05, 0) is 67.8 Å². The number of anilines is 1. The van der Waals surface area contributed by atoms with Crippen molar-refractivity contribution >= 4 is 34.2 Å². The van der Waals surface area contributed by atoms with Crippen LogP contribution in [0.5, 0.6) is 0 Å². The third kappa shape index (κ3) is 5.01. The maximum atomic E-state index is 14.3. The number of benzene rings is 2. The molecular formula is C33H34N6O2. The zero-order chi connectivity index (χ0) is 28.5. The van der Waals surface area contributed by atoms with Gasteiger partial charge in [0.15, 0.2) is 11.5 Å². The van der Waals surface area contributed by atoms with Crippen LogP contribution in [-0.2, 0) is 0 Å². The fourth-order valence-corrected chi connectivity index (χ4v) is 5.91. The van der Waals surface area contributed by atoms with Gasteiger partial charge in [0.05, 0.1) is 11.4 Å². The second kappa shape index (κ2) is 11.0. The molecule has 0 saturated heterocycles. The fraction of sp³-hybridized carbons (Fsp3) is 0.273. The average molecular weight is 547 g/mol. The van der Waals surface area contributed by atoms with Crippen LogP contribution in [0.15, 0.2) is 77.7 Å². The maximum absolute atomic E-state index is 14.3. The second-order valence-electron chi connectivity index (χ2n) is 10.9. The number of carbonyl (C=O) groups excluding carboxylic acids is 1. The van der Waals surface area contributed by atoms with E-state index in [1.807, 2.05) is 68.4 Å². The van der Waals surface area contributed by atoms with Crippen molar-refractivity contribution in [3.63, 3.8) is 0 Å².